The average Bonchev–Trinajstić information content (AvgIpc) is 2.69. The van der Waals surface area contributed by atoms with Gasteiger partial charge in [0.25, 0.3) is 0 Å². The van der Waals surface area contributed by atoms with E-state index in [0.717, 1.165) is 0 Å². The molecule has 10 unspecified atom stereocenters. The summed E-state index contributed by atoms with van der Waals surface area (Å²) in [6.07, 6.45) is -13.0. The van der Waals surface area contributed by atoms with Gasteiger partial charge in [0, 0.05) is 0 Å². The minimum Gasteiger partial charge on any atom is -0.394 e. The fourth-order valence-electron chi connectivity index (χ4n) is 2.32. The first kappa shape index (κ1) is 26.4. The lowest BCUT2D eigenvalue weighted by atomic mass is 9.99. The Bertz CT molecular complexity index is 374. The van der Waals surface area contributed by atoms with Gasteiger partial charge in [-0.05, 0) is 0 Å². The van der Waals surface area contributed by atoms with Crippen molar-refractivity contribution in [1.82, 2.24) is 5.43 Å². The van der Waals surface area contributed by atoms with Crippen LogP contribution in [0.15, 0.2) is 0 Å². The van der Waals surface area contributed by atoms with Crippen molar-refractivity contribution in [2.45, 2.75) is 61.3 Å². The van der Waals surface area contributed by atoms with Crippen LogP contribution in [-0.2, 0) is 9.47 Å². The third-order valence-electron chi connectivity index (χ3n) is 3.92. The Kier molecular flexibility index (Phi) is 12.5. The van der Waals surface area contributed by atoms with Crippen molar-refractivity contribution < 1.29 is 55.4 Å². The van der Waals surface area contributed by atoms with Gasteiger partial charge in [0.15, 0.2) is 6.29 Å². The minimum atomic E-state index is -1.57. The van der Waals surface area contributed by atoms with E-state index in [2.05, 4.69) is 21.8 Å². The summed E-state index contributed by atoms with van der Waals surface area (Å²) in [7, 11) is 0. The molecule has 0 saturated carbocycles. The molecule has 2 aliphatic heterocycles. The monoisotopic (exact) mass is 406 g/mol. The number of rotatable bonds is 3. The molecular formula is C12H30N4O11. The summed E-state index contributed by atoms with van der Waals surface area (Å²) in [6.45, 7) is -0.981. The Morgan fingerprint density at radius 3 is 1.44 bits per heavy atom. The van der Waals surface area contributed by atoms with Gasteiger partial charge in [0.2, 0.25) is 0 Å². The van der Waals surface area contributed by atoms with Gasteiger partial charge in [0.05, 0.1) is 13.2 Å². The molecule has 2 heterocycles. The molecule has 15 nitrogen and oxygen atoms in total. The standard InChI is InChI=1S/C6H14N2O5.C6H12O6.H4N2/c7-8-6-5(12)4(11)3(10)2(1-9)13-6;7-1-2-3(8)4(9)5(10)6(11)12-2;1-2/h2-6,8-12H,1,7H2;2-11H,1H2;1-2H2. The topological polar surface area (TPSA) is 291 Å². The summed E-state index contributed by atoms with van der Waals surface area (Å²) in [5, 5.41) is 81.2. The van der Waals surface area contributed by atoms with Crippen LogP contribution in [0.4, 0.5) is 0 Å². The quantitative estimate of drug-likeness (QED) is 0.153. The summed E-state index contributed by atoms with van der Waals surface area (Å²) >= 11 is 0. The lowest BCUT2D eigenvalue weighted by Crippen LogP contribution is -2.63. The molecule has 164 valence electrons. The predicted molar refractivity (Wildman–Crippen MR) is 85.5 cm³/mol. The zero-order valence-corrected chi connectivity index (χ0v) is 14.3. The minimum absolute atomic E-state index is 0.455. The molecule has 0 amide bonds. The van der Waals surface area contributed by atoms with Crippen LogP contribution in [0.3, 0.4) is 0 Å². The highest BCUT2D eigenvalue weighted by atomic mass is 16.6. The van der Waals surface area contributed by atoms with Crippen molar-refractivity contribution >= 4 is 0 Å². The van der Waals surface area contributed by atoms with Crippen LogP contribution in [0, 0.1) is 0 Å². The van der Waals surface area contributed by atoms with Crippen molar-refractivity contribution in [2.75, 3.05) is 13.2 Å². The molecular weight excluding hydrogens is 376 g/mol. The molecule has 0 spiro atoms. The Morgan fingerprint density at radius 2 is 1.04 bits per heavy atom. The van der Waals surface area contributed by atoms with Gasteiger partial charge in [-0.25, -0.2) is 5.43 Å². The van der Waals surface area contributed by atoms with E-state index in [1.165, 1.54) is 0 Å². The molecule has 0 radical (unpaired) electrons. The lowest BCUT2D eigenvalue weighted by molar-refractivity contribution is -0.286. The number of aliphatic hydroxyl groups excluding tert-OH is 9. The van der Waals surface area contributed by atoms with Crippen molar-refractivity contribution in [2.24, 2.45) is 17.5 Å². The SMILES string of the molecule is NN.NNC1OC(CO)C(O)C(O)C1O.OCC1OC(O)C(O)C(O)C1O. The molecule has 0 bridgehead atoms. The third-order valence-corrected chi connectivity index (χ3v) is 3.92. The van der Waals surface area contributed by atoms with Crippen molar-refractivity contribution in [3.05, 3.63) is 0 Å². The van der Waals surface area contributed by atoms with Crippen LogP contribution in [-0.4, -0.2) is 121 Å². The first-order valence-electron chi connectivity index (χ1n) is 7.78. The number of hydrogen-bond donors (Lipinski definition) is 13. The van der Waals surface area contributed by atoms with Gasteiger partial charge in [-0.2, -0.15) is 0 Å². The fraction of sp³-hybridized carbons (Fsp3) is 1.00. The van der Waals surface area contributed by atoms with E-state index in [-0.39, 0.29) is 0 Å². The molecule has 0 aliphatic carbocycles. The van der Waals surface area contributed by atoms with Gasteiger partial charge in [-0.1, -0.05) is 0 Å². The van der Waals surface area contributed by atoms with E-state index in [1.54, 1.807) is 0 Å². The highest BCUT2D eigenvalue weighted by molar-refractivity contribution is 4.90. The Labute approximate surface area is 154 Å². The summed E-state index contributed by atoms with van der Waals surface area (Å²) < 4.78 is 9.51. The molecule has 0 aromatic rings. The molecule has 10 atom stereocenters. The molecule has 2 rings (SSSR count). The number of hydrazine groups is 2. The first-order valence-corrected chi connectivity index (χ1v) is 7.78. The highest BCUT2D eigenvalue weighted by Gasteiger charge is 2.43. The van der Waals surface area contributed by atoms with E-state index in [9.17, 15) is 15.3 Å². The van der Waals surface area contributed by atoms with Gasteiger partial charge in [-0.15, -0.1) is 0 Å². The van der Waals surface area contributed by atoms with E-state index in [1.807, 2.05) is 0 Å². The molecule has 16 N–H and O–H groups in total. The van der Waals surface area contributed by atoms with Crippen LogP contribution >= 0.6 is 0 Å². The molecule has 27 heavy (non-hydrogen) atoms. The van der Waals surface area contributed by atoms with Gasteiger partial charge in [0.1, 0.15) is 55.1 Å². The lowest BCUT2D eigenvalue weighted by Gasteiger charge is -2.39. The van der Waals surface area contributed by atoms with Gasteiger partial charge in [-0.3, -0.25) is 17.5 Å². The number of ether oxygens (including phenoxy) is 2. The number of aliphatic hydroxyl groups is 9. The second-order valence-electron chi connectivity index (χ2n) is 5.64. The van der Waals surface area contributed by atoms with Crippen LogP contribution in [0.1, 0.15) is 0 Å². The molecule has 2 aliphatic rings. The maximum Gasteiger partial charge on any atom is 0.184 e. The zero-order valence-electron chi connectivity index (χ0n) is 14.3. The van der Waals surface area contributed by atoms with E-state index in [0.29, 0.717) is 0 Å². The third kappa shape index (κ3) is 6.75. The molecule has 0 aromatic carbocycles. The molecule has 2 saturated heterocycles. The summed E-state index contributed by atoms with van der Waals surface area (Å²) in [4.78, 5) is 0. The average molecular weight is 406 g/mol. The van der Waals surface area contributed by atoms with Crippen molar-refractivity contribution in [3.8, 4) is 0 Å². The van der Waals surface area contributed by atoms with Crippen LogP contribution in [0.25, 0.3) is 0 Å². The van der Waals surface area contributed by atoms with Crippen molar-refractivity contribution in [3.63, 3.8) is 0 Å². The number of hydrogen-bond acceptors (Lipinski definition) is 15. The molecule has 15 heteroatoms. The van der Waals surface area contributed by atoms with Crippen LogP contribution in [0.5, 0.6) is 0 Å². The summed E-state index contributed by atoms with van der Waals surface area (Å²) in [6, 6.07) is 0. The molecule has 2 fully saturated rings. The second-order valence-corrected chi connectivity index (χ2v) is 5.64. The highest BCUT2D eigenvalue weighted by Crippen LogP contribution is 2.19. The van der Waals surface area contributed by atoms with Gasteiger partial charge >= 0.3 is 0 Å². The summed E-state index contributed by atoms with van der Waals surface area (Å²) in [5.41, 5.74) is 2.11. The van der Waals surface area contributed by atoms with E-state index >= 15 is 0 Å². The normalized spacial score (nSPS) is 44.4. The number of nitrogens with one attached hydrogen (secondary N) is 1. The summed E-state index contributed by atoms with van der Waals surface area (Å²) in [5.74, 6) is 13.0. The first-order chi connectivity index (χ1) is 12.7. The van der Waals surface area contributed by atoms with Crippen molar-refractivity contribution in [1.29, 1.82) is 0 Å². The second kappa shape index (κ2) is 12.8. The van der Waals surface area contributed by atoms with Crippen LogP contribution in [0.2, 0.25) is 0 Å². The maximum absolute atomic E-state index is 9.26. The fourth-order valence-corrected chi connectivity index (χ4v) is 2.32. The zero-order chi connectivity index (χ0) is 21.3. The maximum atomic E-state index is 9.26. The smallest absolute Gasteiger partial charge is 0.184 e. The van der Waals surface area contributed by atoms with Crippen LogP contribution < -0.4 is 23.0 Å². The Morgan fingerprint density at radius 1 is 0.630 bits per heavy atom. The van der Waals surface area contributed by atoms with E-state index in [4.69, 9.17) is 41.2 Å². The predicted octanol–water partition coefficient (Wildman–Crippen LogP) is -8.15. The molecule has 0 aromatic heterocycles. The largest absolute Gasteiger partial charge is 0.394 e. The number of nitrogens with two attached hydrogens (primary N) is 3. The van der Waals surface area contributed by atoms with Gasteiger partial charge < -0.3 is 55.4 Å². The van der Waals surface area contributed by atoms with E-state index < -0.39 is 74.6 Å². The Hall–Kier alpha value is -0.600. The Balaban J connectivity index is 0.000000460.